The molecule has 5 nitrogen and oxygen atoms in total. The number of hydrogen-bond donors (Lipinski definition) is 0. The van der Waals surface area contributed by atoms with E-state index in [0.717, 1.165) is 0 Å². The van der Waals surface area contributed by atoms with Gasteiger partial charge in [-0.05, 0) is 6.42 Å². The van der Waals surface area contributed by atoms with E-state index in [-0.39, 0.29) is 17.7 Å². The lowest BCUT2D eigenvalue weighted by molar-refractivity contribution is -0.144. The highest BCUT2D eigenvalue weighted by Gasteiger charge is 2.19. The minimum absolute atomic E-state index is 0.206. The molecule has 1 unspecified atom stereocenters. The number of halogens is 1. The van der Waals surface area contributed by atoms with Crippen molar-refractivity contribution in [3.63, 3.8) is 0 Å². The molecule has 0 radical (unpaired) electrons. The van der Waals surface area contributed by atoms with Gasteiger partial charge in [0.1, 0.15) is 6.33 Å². The Labute approximate surface area is 106 Å². The first-order valence-electron chi connectivity index (χ1n) is 5.79. The Morgan fingerprint density at radius 1 is 1.56 bits per heavy atom. The molecule has 0 N–H and O–H groups in total. The van der Waals surface area contributed by atoms with E-state index in [1.54, 1.807) is 18.9 Å². The molecule has 0 aliphatic heterocycles. The summed E-state index contributed by atoms with van der Waals surface area (Å²) in [5, 5.41) is 0. The first kappa shape index (κ1) is 14.3. The molecule has 0 aliphatic rings. The fourth-order valence-corrected chi connectivity index (χ4v) is 1.68. The Balaban J connectivity index is 2.84. The molecule has 0 saturated carbocycles. The molecule has 0 amide bonds. The predicted molar refractivity (Wildman–Crippen MR) is 65.8 cm³/mol. The quantitative estimate of drug-likeness (QED) is 0.745. The SMILES string of the molecule is CCc1ncnc(N(C)CC(C)C(=O)OC)c1F. The number of esters is 1. The molecule has 1 atom stereocenters. The number of carbonyl (C=O) groups is 1. The van der Waals surface area contributed by atoms with Gasteiger partial charge in [0.05, 0.1) is 18.7 Å². The first-order chi connectivity index (χ1) is 8.51. The van der Waals surface area contributed by atoms with Crippen molar-refractivity contribution < 1.29 is 13.9 Å². The van der Waals surface area contributed by atoms with Crippen LogP contribution in [0.1, 0.15) is 19.5 Å². The van der Waals surface area contributed by atoms with Gasteiger partial charge in [-0.2, -0.15) is 0 Å². The zero-order chi connectivity index (χ0) is 13.7. The number of carbonyl (C=O) groups excluding carboxylic acids is 1. The molecule has 0 saturated heterocycles. The van der Waals surface area contributed by atoms with Crippen LogP contribution in [0.15, 0.2) is 6.33 Å². The van der Waals surface area contributed by atoms with Crippen LogP contribution < -0.4 is 4.90 Å². The van der Waals surface area contributed by atoms with Crippen LogP contribution in [-0.4, -0.2) is 36.6 Å². The number of aryl methyl sites for hydroxylation is 1. The zero-order valence-corrected chi connectivity index (χ0v) is 11.1. The summed E-state index contributed by atoms with van der Waals surface area (Å²) >= 11 is 0. The van der Waals surface area contributed by atoms with Gasteiger partial charge >= 0.3 is 5.97 Å². The second-order valence-electron chi connectivity index (χ2n) is 4.12. The summed E-state index contributed by atoms with van der Waals surface area (Å²) < 4.78 is 18.6. The smallest absolute Gasteiger partial charge is 0.310 e. The van der Waals surface area contributed by atoms with Gasteiger partial charge in [0.25, 0.3) is 0 Å². The third kappa shape index (κ3) is 3.15. The van der Waals surface area contributed by atoms with Crippen LogP contribution in [0.5, 0.6) is 0 Å². The second-order valence-corrected chi connectivity index (χ2v) is 4.12. The van der Waals surface area contributed by atoms with Crippen LogP contribution in [0, 0.1) is 11.7 Å². The number of rotatable bonds is 5. The van der Waals surface area contributed by atoms with E-state index in [9.17, 15) is 9.18 Å². The van der Waals surface area contributed by atoms with Crippen molar-refractivity contribution >= 4 is 11.8 Å². The maximum atomic E-state index is 14.0. The standard InChI is InChI=1S/C12H18FN3O2/c1-5-9-10(13)11(15-7-14-9)16(3)6-8(2)12(17)18-4/h7-8H,5-6H2,1-4H3. The van der Waals surface area contributed by atoms with Gasteiger partial charge in [-0.1, -0.05) is 13.8 Å². The molecule has 1 aromatic rings. The summed E-state index contributed by atoms with van der Waals surface area (Å²) in [5.74, 6) is -0.899. The van der Waals surface area contributed by atoms with Crippen molar-refractivity contribution in [2.45, 2.75) is 20.3 Å². The fourth-order valence-electron chi connectivity index (χ4n) is 1.68. The zero-order valence-electron chi connectivity index (χ0n) is 11.1. The average Bonchev–Trinajstić information content (AvgIpc) is 2.37. The number of aromatic nitrogens is 2. The summed E-state index contributed by atoms with van der Waals surface area (Å²) in [4.78, 5) is 20.7. The lowest BCUT2D eigenvalue weighted by Gasteiger charge is -2.21. The normalized spacial score (nSPS) is 12.1. The Kier molecular flexibility index (Phi) is 5.00. The minimum atomic E-state index is -0.431. The number of hydrogen-bond acceptors (Lipinski definition) is 5. The van der Waals surface area contributed by atoms with Gasteiger partial charge in [-0.3, -0.25) is 4.79 Å². The molecule has 0 aliphatic carbocycles. The van der Waals surface area contributed by atoms with E-state index < -0.39 is 5.82 Å². The van der Waals surface area contributed by atoms with Crippen LogP contribution in [0.3, 0.4) is 0 Å². The second kappa shape index (κ2) is 6.28. The maximum Gasteiger partial charge on any atom is 0.310 e. The molecule has 0 aromatic carbocycles. The molecule has 0 fully saturated rings. The predicted octanol–water partition coefficient (Wildman–Crippen LogP) is 1.42. The third-order valence-corrected chi connectivity index (χ3v) is 2.69. The first-order valence-corrected chi connectivity index (χ1v) is 5.79. The molecular formula is C12H18FN3O2. The molecule has 1 aromatic heterocycles. The Hall–Kier alpha value is -1.72. The molecule has 18 heavy (non-hydrogen) atoms. The van der Waals surface area contributed by atoms with Gasteiger partial charge in [-0.15, -0.1) is 0 Å². The summed E-state index contributed by atoms with van der Waals surface area (Å²) in [7, 11) is 3.02. The van der Waals surface area contributed by atoms with E-state index in [2.05, 4.69) is 14.7 Å². The van der Waals surface area contributed by atoms with Crippen molar-refractivity contribution in [3.8, 4) is 0 Å². The lowest BCUT2D eigenvalue weighted by atomic mass is 10.1. The van der Waals surface area contributed by atoms with E-state index in [1.807, 2.05) is 6.92 Å². The van der Waals surface area contributed by atoms with E-state index in [0.29, 0.717) is 18.7 Å². The highest BCUT2D eigenvalue weighted by Crippen LogP contribution is 2.18. The van der Waals surface area contributed by atoms with Crippen molar-refractivity contribution in [1.82, 2.24) is 9.97 Å². The van der Waals surface area contributed by atoms with Crippen LogP contribution in [0.25, 0.3) is 0 Å². The summed E-state index contributed by atoms with van der Waals surface area (Å²) in [6, 6.07) is 0. The Morgan fingerprint density at radius 3 is 2.78 bits per heavy atom. The number of anilines is 1. The summed E-state index contributed by atoms with van der Waals surface area (Å²) in [6.07, 6.45) is 1.83. The van der Waals surface area contributed by atoms with Gasteiger partial charge in [0, 0.05) is 13.6 Å². The highest BCUT2D eigenvalue weighted by atomic mass is 19.1. The number of methoxy groups -OCH3 is 1. The van der Waals surface area contributed by atoms with Gasteiger partial charge < -0.3 is 9.64 Å². The summed E-state index contributed by atoms with van der Waals surface area (Å²) in [5.41, 5.74) is 0.373. The van der Waals surface area contributed by atoms with Crippen LogP contribution >= 0.6 is 0 Å². The van der Waals surface area contributed by atoms with Crippen molar-refractivity contribution in [1.29, 1.82) is 0 Å². The minimum Gasteiger partial charge on any atom is -0.469 e. The molecule has 0 bridgehead atoms. The lowest BCUT2D eigenvalue weighted by Crippen LogP contribution is -2.30. The van der Waals surface area contributed by atoms with Gasteiger partial charge in [0.15, 0.2) is 11.6 Å². The largest absolute Gasteiger partial charge is 0.469 e. The highest BCUT2D eigenvalue weighted by molar-refractivity contribution is 5.72. The Bertz CT molecular complexity index is 426. The van der Waals surface area contributed by atoms with Crippen molar-refractivity contribution in [2.24, 2.45) is 5.92 Å². The topological polar surface area (TPSA) is 55.3 Å². The van der Waals surface area contributed by atoms with Crippen LogP contribution in [0.4, 0.5) is 10.2 Å². The van der Waals surface area contributed by atoms with E-state index in [4.69, 9.17) is 0 Å². The van der Waals surface area contributed by atoms with Crippen LogP contribution in [0.2, 0.25) is 0 Å². The molecular weight excluding hydrogens is 237 g/mol. The molecule has 0 spiro atoms. The maximum absolute atomic E-state index is 14.0. The monoisotopic (exact) mass is 255 g/mol. The van der Waals surface area contributed by atoms with Crippen LogP contribution in [-0.2, 0) is 16.0 Å². The van der Waals surface area contributed by atoms with Gasteiger partial charge in [-0.25, -0.2) is 14.4 Å². The Morgan fingerprint density at radius 2 is 2.22 bits per heavy atom. The number of ether oxygens (including phenoxy) is 1. The summed E-state index contributed by atoms with van der Waals surface area (Å²) in [6.45, 7) is 3.89. The third-order valence-electron chi connectivity index (χ3n) is 2.69. The molecule has 100 valence electrons. The van der Waals surface area contributed by atoms with E-state index >= 15 is 0 Å². The van der Waals surface area contributed by atoms with Crippen molar-refractivity contribution in [3.05, 3.63) is 17.8 Å². The average molecular weight is 255 g/mol. The van der Waals surface area contributed by atoms with Crippen molar-refractivity contribution in [2.75, 3.05) is 25.6 Å². The fraction of sp³-hybridized carbons (Fsp3) is 0.583. The molecule has 1 rings (SSSR count). The molecule has 1 heterocycles. The van der Waals surface area contributed by atoms with Gasteiger partial charge in [0.2, 0.25) is 0 Å². The number of nitrogens with zero attached hydrogens (tertiary/aromatic N) is 3. The van der Waals surface area contributed by atoms with E-state index in [1.165, 1.54) is 13.4 Å². The molecule has 6 heteroatoms.